The average molecular weight is 495 g/mol. The number of pyridine rings is 2. The molecule has 0 unspecified atom stereocenters. The van der Waals surface area contributed by atoms with Crippen LogP contribution < -0.4 is 0 Å². The molecule has 4 heteroatoms. The van der Waals surface area contributed by atoms with Gasteiger partial charge in [-0.05, 0) is 104 Å². The molecule has 168 valence electrons. The van der Waals surface area contributed by atoms with Crippen molar-refractivity contribution in [2.24, 2.45) is 0 Å². The highest BCUT2D eigenvalue weighted by atomic mass is 32.1. The van der Waals surface area contributed by atoms with Crippen molar-refractivity contribution in [3.05, 3.63) is 109 Å². The van der Waals surface area contributed by atoms with Gasteiger partial charge in [0, 0.05) is 21.8 Å². The molecule has 8 aromatic rings. The zero-order valence-corrected chi connectivity index (χ0v) is 20.7. The Morgan fingerprint density at radius 3 is 1.36 bits per heavy atom. The first kappa shape index (κ1) is 20.1. The van der Waals surface area contributed by atoms with E-state index in [1.807, 2.05) is 59.3 Å². The summed E-state index contributed by atoms with van der Waals surface area (Å²) in [4.78, 5) is 11.5. The van der Waals surface area contributed by atoms with Crippen molar-refractivity contribution in [1.29, 1.82) is 0 Å². The highest BCUT2D eigenvalue weighted by Crippen LogP contribution is 2.40. The van der Waals surface area contributed by atoms with Crippen LogP contribution in [0.15, 0.2) is 109 Å². The minimum atomic E-state index is 1.03. The van der Waals surface area contributed by atoms with Crippen molar-refractivity contribution in [1.82, 2.24) is 9.97 Å². The van der Waals surface area contributed by atoms with E-state index in [4.69, 9.17) is 0 Å². The Kier molecular flexibility index (Phi) is 4.30. The van der Waals surface area contributed by atoms with E-state index in [0.717, 1.165) is 11.4 Å². The number of rotatable bonds is 2. The third-order valence-corrected chi connectivity index (χ3v) is 9.18. The molecule has 0 spiro atoms. The third kappa shape index (κ3) is 3.08. The fourth-order valence-electron chi connectivity index (χ4n) is 5.21. The van der Waals surface area contributed by atoms with Gasteiger partial charge in [-0.2, -0.15) is 0 Å². The summed E-state index contributed by atoms with van der Waals surface area (Å²) in [6.45, 7) is 0. The Labute approximate surface area is 215 Å². The van der Waals surface area contributed by atoms with Crippen LogP contribution in [0, 0.1) is 0 Å². The Balaban J connectivity index is 1.34. The lowest BCUT2D eigenvalue weighted by molar-refractivity contribution is 1.34. The first-order valence-electron chi connectivity index (χ1n) is 11.9. The van der Waals surface area contributed by atoms with Gasteiger partial charge in [0.05, 0.1) is 21.1 Å². The SMILES string of the molecule is c1ccc(-c2cc3cc4c(ccc5c6cc7cc(-c8ccccn8)sc7cc6ccc45)cc3s2)nc1. The molecule has 0 aliphatic carbocycles. The first-order valence-corrected chi connectivity index (χ1v) is 13.5. The van der Waals surface area contributed by atoms with Crippen LogP contribution in [-0.2, 0) is 0 Å². The molecule has 0 fully saturated rings. The Morgan fingerprint density at radius 1 is 0.417 bits per heavy atom. The maximum atomic E-state index is 4.55. The zero-order valence-electron chi connectivity index (χ0n) is 19.1. The minimum absolute atomic E-state index is 1.03. The van der Waals surface area contributed by atoms with Gasteiger partial charge in [0.15, 0.2) is 0 Å². The summed E-state index contributed by atoms with van der Waals surface area (Å²) in [6, 6.07) is 35.2. The summed E-state index contributed by atoms with van der Waals surface area (Å²) in [5.74, 6) is 0. The fourth-order valence-corrected chi connectivity index (χ4v) is 7.35. The van der Waals surface area contributed by atoms with Crippen molar-refractivity contribution < 1.29 is 0 Å². The highest BCUT2D eigenvalue weighted by molar-refractivity contribution is 7.22. The smallest absolute Gasteiger partial charge is 0.0802 e. The van der Waals surface area contributed by atoms with Crippen LogP contribution in [0.2, 0.25) is 0 Å². The normalized spacial score (nSPS) is 11.9. The quantitative estimate of drug-likeness (QED) is 0.224. The summed E-state index contributed by atoms with van der Waals surface area (Å²) >= 11 is 3.62. The molecule has 0 aliphatic rings. The molecule has 0 saturated heterocycles. The van der Waals surface area contributed by atoms with Crippen molar-refractivity contribution in [2.45, 2.75) is 0 Å². The summed E-state index contributed by atoms with van der Waals surface area (Å²) in [5.41, 5.74) is 2.06. The van der Waals surface area contributed by atoms with Crippen molar-refractivity contribution in [3.63, 3.8) is 0 Å². The summed E-state index contributed by atoms with van der Waals surface area (Å²) < 4.78 is 2.59. The Bertz CT molecular complexity index is 1940. The lowest BCUT2D eigenvalue weighted by atomic mass is 9.96. The molecule has 2 nitrogen and oxygen atoms in total. The third-order valence-electron chi connectivity index (χ3n) is 6.94. The number of aromatic nitrogens is 2. The van der Waals surface area contributed by atoms with E-state index >= 15 is 0 Å². The molecule has 0 N–H and O–H groups in total. The van der Waals surface area contributed by atoms with Gasteiger partial charge in [0.25, 0.3) is 0 Å². The van der Waals surface area contributed by atoms with Crippen LogP contribution in [0.3, 0.4) is 0 Å². The van der Waals surface area contributed by atoms with E-state index in [-0.39, 0.29) is 0 Å². The molecule has 4 heterocycles. The number of fused-ring (bicyclic) bond motifs is 7. The molecule has 0 saturated carbocycles. The number of nitrogens with zero attached hydrogens (tertiary/aromatic N) is 2. The van der Waals surface area contributed by atoms with Crippen LogP contribution in [-0.4, -0.2) is 9.97 Å². The zero-order chi connectivity index (χ0) is 23.6. The monoisotopic (exact) mass is 494 g/mol. The summed E-state index contributed by atoms with van der Waals surface area (Å²) in [6.07, 6.45) is 3.72. The van der Waals surface area contributed by atoms with Crippen LogP contribution in [0.1, 0.15) is 0 Å². The number of benzene rings is 4. The largest absolute Gasteiger partial charge is 0.255 e. The van der Waals surface area contributed by atoms with E-state index in [2.05, 4.69) is 82.8 Å². The number of hydrogen-bond acceptors (Lipinski definition) is 4. The standard InChI is InChI=1S/C32H18N2S2/c1-3-11-33-27(5-1)31-17-21-13-25-19(15-29(21)35-31)7-9-24-23(25)10-8-20-16-30-22(14-26(20)24)18-32(36-30)28-6-2-4-12-34-28/h1-18H. The van der Waals surface area contributed by atoms with E-state index in [1.54, 1.807) is 0 Å². The molecular formula is C32H18N2S2. The minimum Gasteiger partial charge on any atom is -0.255 e. The Hall–Kier alpha value is -4.12. The molecule has 4 aromatic heterocycles. The lowest BCUT2D eigenvalue weighted by Gasteiger charge is -2.08. The van der Waals surface area contributed by atoms with E-state index in [0.29, 0.717) is 0 Å². The highest BCUT2D eigenvalue weighted by Gasteiger charge is 2.12. The molecule has 4 aromatic carbocycles. The van der Waals surface area contributed by atoms with Gasteiger partial charge in [-0.1, -0.05) is 36.4 Å². The van der Waals surface area contributed by atoms with Crippen LogP contribution in [0.5, 0.6) is 0 Å². The van der Waals surface area contributed by atoms with Gasteiger partial charge in [-0.25, -0.2) is 0 Å². The molecule has 8 rings (SSSR count). The second-order valence-electron chi connectivity index (χ2n) is 9.10. The van der Waals surface area contributed by atoms with Gasteiger partial charge in [-0.15, -0.1) is 22.7 Å². The fraction of sp³-hybridized carbons (Fsp3) is 0. The molecule has 36 heavy (non-hydrogen) atoms. The number of thiophene rings is 2. The lowest BCUT2D eigenvalue weighted by Crippen LogP contribution is -1.81. The maximum Gasteiger partial charge on any atom is 0.0802 e. The molecule has 0 amide bonds. The predicted octanol–water partition coefficient (Wildman–Crippen LogP) is 9.70. The van der Waals surface area contributed by atoms with Gasteiger partial charge >= 0.3 is 0 Å². The van der Waals surface area contributed by atoms with Crippen LogP contribution in [0.4, 0.5) is 0 Å². The molecule has 0 aliphatic heterocycles. The maximum absolute atomic E-state index is 4.55. The average Bonchev–Trinajstić information content (AvgIpc) is 3.55. The predicted molar refractivity (Wildman–Crippen MR) is 156 cm³/mol. The first-order chi connectivity index (χ1) is 17.8. The summed E-state index contributed by atoms with van der Waals surface area (Å²) in [7, 11) is 0. The Morgan fingerprint density at radius 2 is 0.917 bits per heavy atom. The van der Waals surface area contributed by atoms with E-state index < -0.39 is 0 Å². The van der Waals surface area contributed by atoms with Gasteiger partial charge < -0.3 is 0 Å². The van der Waals surface area contributed by atoms with Gasteiger partial charge in [0.1, 0.15) is 0 Å². The second-order valence-corrected chi connectivity index (χ2v) is 11.3. The van der Waals surface area contributed by atoms with Crippen molar-refractivity contribution in [3.8, 4) is 21.1 Å². The van der Waals surface area contributed by atoms with Crippen molar-refractivity contribution >= 4 is 75.2 Å². The molecule has 0 bridgehead atoms. The van der Waals surface area contributed by atoms with E-state index in [9.17, 15) is 0 Å². The number of hydrogen-bond donors (Lipinski definition) is 0. The molecular weight excluding hydrogens is 477 g/mol. The topological polar surface area (TPSA) is 25.8 Å². The molecule has 0 atom stereocenters. The summed E-state index contributed by atoms with van der Waals surface area (Å²) in [5, 5.41) is 10.3. The van der Waals surface area contributed by atoms with Crippen molar-refractivity contribution in [2.75, 3.05) is 0 Å². The van der Waals surface area contributed by atoms with Crippen LogP contribution in [0.25, 0.3) is 73.6 Å². The van der Waals surface area contributed by atoms with Gasteiger partial charge in [-0.3, -0.25) is 9.97 Å². The van der Waals surface area contributed by atoms with Gasteiger partial charge in [0.2, 0.25) is 0 Å². The van der Waals surface area contributed by atoms with E-state index in [1.165, 1.54) is 62.2 Å². The molecule has 0 radical (unpaired) electrons. The van der Waals surface area contributed by atoms with Crippen LogP contribution >= 0.6 is 22.7 Å². The second kappa shape index (κ2) is 7.69.